The number of aliphatic hydroxyl groups is 3. The van der Waals surface area contributed by atoms with Crippen LogP contribution in [0.5, 0.6) is 0 Å². The zero-order valence-corrected chi connectivity index (χ0v) is 33.0. The number of rotatable bonds is 15. The predicted octanol–water partition coefficient (Wildman–Crippen LogP) is -7.50. The molecule has 6 rings (SSSR count). The highest BCUT2D eigenvalue weighted by Gasteiger charge is 2.56. The normalized spacial score (nSPS) is 29.7. The number of phosphoric ester groups is 2. The third-order valence-corrected chi connectivity index (χ3v) is 15.2. The molecule has 12 atom stereocenters. The minimum Gasteiger partial charge on any atom is -0.642 e. The lowest BCUT2D eigenvalue weighted by Gasteiger charge is -2.34. The van der Waals surface area contributed by atoms with Crippen molar-refractivity contribution in [3.63, 3.8) is 0 Å². The maximum Gasteiger partial charge on any atom is 0.481 e. The van der Waals surface area contributed by atoms with Gasteiger partial charge in [0.2, 0.25) is 24.8 Å². The zero-order valence-electron chi connectivity index (χ0n) is 28.6. The van der Waals surface area contributed by atoms with E-state index >= 15 is 0 Å². The van der Waals surface area contributed by atoms with Crippen LogP contribution in [-0.4, -0.2) is 121 Å². The number of aryl methyl sites for hydroxylation is 1. The number of aliphatic hydroxyl groups excluding tert-OH is 3. The first kappa shape index (κ1) is 44.2. The Morgan fingerprint density at radius 1 is 0.895 bits per heavy atom. The first-order valence-corrected chi connectivity index (χ1v) is 22.5. The molecule has 57 heavy (non-hydrogen) atoms. The number of nitrogen functional groups attached to an aromatic ring is 2. The van der Waals surface area contributed by atoms with Gasteiger partial charge in [0, 0.05) is 11.4 Å². The number of nitrogens with zero attached hydrogens (tertiary/aromatic N) is 6. The second kappa shape index (κ2) is 16.3. The summed E-state index contributed by atoms with van der Waals surface area (Å²) in [7, 11) is -20.4. The number of methoxy groups -OCH3 is 1. The highest BCUT2D eigenvalue weighted by Crippen LogP contribution is 2.77. The van der Waals surface area contributed by atoms with Crippen molar-refractivity contribution in [3.05, 3.63) is 33.4 Å². The highest BCUT2D eigenvalue weighted by atomic mass is 32.7. The van der Waals surface area contributed by atoms with Crippen molar-refractivity contribution in [2.24, 2.45) is 7.05 Å². The fraction of sp³-hybridized carbons (Fsp3) is 0.545. The fourth-order valence-electron chi connectivity index (χ4n) is 5.81. The maximum atomic E-state index is 12.7. The lowest BCUT2D eigenvalue weighted by Crippen LogP contribution is -2.47. The molecule has 4 aromatic heterocycles. The summed E-state index contributed by atoms with van der Waals surface area (Å²) >= 11 is 4.37. The molecule has 30 nitrogen and oxygen atoms in total. The van der Waals surface area contributed by atoms with Crippen molar-refractivity contribution < 1.29 is 90.3 Å². The minimum atomic E-state index is -6.09. The molecule has 0 aliphatic carbocycles. The van der Waals surface area contributed by atoms with E-state index in [9.17, 15) is 59.2 Å². The van der Waals surface area contributed by atoms with Crippen LogP contribution in [0.4, 0.5) is 11.9 Å². The molecule has 35 heteroatoms. The van der Waals surface area contributed by atoms with Crippen molar-refractivity contribution in [3.8, 4) is 0 Å². The molecule has 0 spiro atoms. The van der Waals surface area contributed by atoms with E-state index in [0.717, 1.165) is 10.9 Å². The van der Waals surface area contributed by atoms with Crippen LogP contribution in [0.25, 0.3) is 22.3 Å². The van der Waals surface area contributed by atoms with E-state index in [-0.39, 0.29) is 34.2 Å². The number of nitrogens with two attached hydrogens (primary N) is 2. The Balaban J connectivity index is 1.03. The lowest BCUT2D eigenvalue weighted by atomic mass is 10.1. The van der Waals surface area contributed by atoms with Crippen LogP contribution < -0.4 is 46.7 Å². The van der Waals surface area contributed by atoms with Gasteiger partial charge in [-0.15, -0.1) is 0 Å². The van der Waals surface area contributed by atoms with Gasteiger partial charge in [-0.1, -0.05) is 4.98 Å². The third-order valence-electron chi connectivity index (χ3n) is 8.13. The van der Waals surface area contributed by atoms with E-state index in [0.29, 0.717) is 0 Å². The Morgan fingerprint density at radius 2 is 1.47 bits per heavy atom. The molecule has 6 heterocycles. The Morgan fingerprint density at radius 3 is 2.12 bits per heavy atom. The van der Waals surface area contributed by atoms with Crippen molar-refractivity contribution in [1.29, 1.82) is 0 Å². The number of ether oxygens (including phenoxy) is 3. The van der Waals surface area contributed by atoms with Gasteiger partial charge >= 0.3 is 30.2 Å². The predicted molar refractivity (Wildman–Crippen MR) is 182 cm³/mol. The standard InChI is InChI=1S/C22H32N10O20P4S/c1-30-6-32(16-10(30)18(37)29-22(24)27-16)20-14(45-2)12(34)8(49-20)4-47-54(40,41)51-56(44,57)52-55(42,43)50-53(38,39)46-3-7-11(33)13(35)19(48-7)31-5-25-9-15(31)26-21(23)28-17(9)36/h5-8,11-14,19-20,33-35H,3-4H2,1-2H3,(H9-,23,24,26,27,28,29,36,37,38,39,40,41,42,43,44,57)/t7-,8-,11-,12-,13-,14-,19-,20-,56?/m1/s1. The number of hydrogen-bond donors (Lipinski definition) is 10. The average Bonchev–Trinajstić information content (AvgIpc) is 3.80. The molecule has 316 valence electrons. The largest absolute Gasteiger partial charge is 0.642 e. The van der Waals surface area contributed by atoms with E-state index in [1.165, 1.54) is 29.6 Å². The van der Waals surface area contributed by atoms with Gasteiger partial charge in [0.15, 0.2) is 23.7 Å². The second-order valence-electron chi connectivity index (χ2n) is 12.0. The molecule has 2 fully saturated rings. The maximum absolute atomic E-state index is 12.7. The Labute approximate surface area is 323 Å². The van der Waals surface area contributed by atoms with E-state index in [1.54, 1.807) is 0 Å². The van der Waals surface area contributed by atoms with E-state index in [2.05, 4.69) is 54.6 Å². The fourth-order valence-corrected chi connectivity index (χ4v) is 12.2. The Kier molecular flexibility index (Phi) is 12.6. The summed E-state index contributed by atoms with van der Waals surface area (Å²) in [4.78, 5) is 121. The van der Waals surface area contributed by atoms with Crippen molar-refractivity contribution >= 4 is 78.1 Å². The van der Waals surface area contributed by atoms with Crippen molar-refractivity contribution in [2.75, 3.05) is 31.8 Å². The molecular formula is C22H32N10O20P4S. The molecule has 0 saturated carbocycles. The molecule has 12 N–H and O–H groups in total. The van der Waals surface area contributed by atoms with Gasteiger partial charge in [-0.25, -0.2) is 9.55 Å². The Hall–Kier alpha value is -2.35. The molecule has 2 aliphatic heterocycles. The van der Waals surface area contributed by atoms with Crippen molar-refractivity contribution in [2.45, 2.75) is 49.1 Å². The molecule has 0 aromatic carbocycles. The molecule has 2 saturated heterocycles. The number of anilines is 2. The summed E-state index contributed by atoms with van der Waals surface area (Å²) in [5, 5.41) is 31.8. The van der Waals surface area contributed by atoms with Crippen molar-refractivity contribution in [1.82, 2.24) is 34.1 Å². The number of nitrogens with one attached hydrogen (secondary N) is 2. The van der Waals surface area contributed by atoms with Crippen LogP contribution in [0.3, 0.4) is 0 Å². The van der Waals surface area contributed by atoms with Gasteiger partial charge in [-0.2, -0.15) is 28.7 Å². The van der Waals surface area contributed by atoms with Gasteiger partial charge in [-0.3, -0.25) is 28.7 Å². The molecule has 0 amide bonds. The van der Waals surface area contributed by atoms with Crippen LogP contribution in [0.1, 0.15) is 12.5 Å². The smallest absolute Gasteiger partial charge is 0.481 e. The number of aromatic nitrogens is 8. The summed E-state index contributed by atoms with van der Waals surface area (Å²) in [5.41, 5.74) is 9.54. The van der Waals surface area contributed by atoms with Gasteiger partial charge in [0.05, 0.1) is 13.4 Å². The topological polar surface area (TPSA) is 458 Å². The molecule has 0 bridgehead atoms. The van der Waals surface area contributed by atoms with Crippen LogP contribution in [0.15, 0.2) is 22.2 Å². The monoisotopic (exact) mass is 912 g/mol. The SMILES string of the molecule is CO[C@@H]1[C@H](O)[C@@H](CO[P+]([O-])(O)O[P+]([O-])([S-])O[P+]([O-])(O)O[P+]([O-])(O)OC[C@H]2O[C@@H](n3cnc4c(=O)[nH]c(N)nc43)[C@H](O)[C@@H]2O)O[C@H]1[n+]1cn(C)c2c(=O)[nH]c(N)nc21. The average molecular weight is 913 g/mol. The summed E-state index contributed by atoms with van der Waals surface area (Å²) in [6.45, 7) is -2.14. The second-order valence-corrected chi connectivity index (χ2v) is 19.5. The van der Waals surface area contributed by atoms with Crippen LogP contribution in [0.2, 0.25) is 0 Å². The van der Waals surface area contributed by atoms with Gasteiger partial charge in [0.25, 0.3) is 17.1 Å². The number of aromatic amines is 2. The van der Waals surface area contributed by atoms with E-state index in [1.807, 2.05) is 0 Å². The van der Waals surface area contributed by atoms with Gasteiger partial charge in [-0.05, 0) is 8.62 Å². The van der Waals surface area contributed by atoms with Crippen LogP contribution >= 0.6 is 31.7 Å². The number of imidazole rings is 2. The summed E-state index contributed by atoms with van der Waals surface area (Å²) in [6, 6.07) is 0. The minimum absolute atomic E-state index is 0.00792. The number of fused-ring (bicyclic) bond motifs is 2. The van der Waals surface area contributed by atoms with E-state index in [4.69, 9.17) is 30.2 Å². The van der Waals surface area contributed by atoms with E-state index < -0.39 is 105 Å². The third kappa shape index (κ3) is 9.51. The zero-order chi connectivity index (χ0) is 42.0. The molecule has 4 aromatic rings. The quantitative estimate of drug-likeness (QED) is 0.0301. The van der Waals surface area contributed by atoms with Crippen LogP contribution in [0, 0.1) is 0 Å². The number of hydrogen-bond acceptors (Lipinski definition) is 26. The summed E-state index contributed by atoms with van der Waals surface area (Å²) in [6.07, 6.45) is -9.99. The molecule has 2 aliphatic rings. The lowest BCUT2D eigenvalue weighted by molar-refractivity contribution is -0.746. The Bertz CT molecular complexity index is 2230. The van der Waals surface area contributed by atoms with Gasteiger partial charge < -0.3 is 72.8 Å². The number of phosphoric acid groups is 3. The first-order valence-electron chi connectivity index (χ1n) is 15.5. The highest BCUT2D eigenvalue weighted by molar-refractivity contribution is 8.36. The molecular weight excluding hydrogens is 880 g/mol. The number of H-pyrrole nitrogens is 2. The first-order chi connectivity index (χ1) is 26.4. The van der Waals surface area contributed by atoms with Crippen LogP contribution in [-0.2, 0) is 55.5 Å². The summed E-state index contributed by atoms with van der Waals surface area (Å²) < 4.78 is 41.8. The molecule has 4 unspecified atom stereocenters. The summed E-state index contributed by atoms with van der Waals surface area (Å²) in [5.74, 6) is -0.573. The molecule has 0 radical (unpaired) electrons. The van der Waals surface area contributed by atoms with Gasteiger partial charge in [0.1, 0.15) is 49.8 Å².